The van der Waals surface area contributed by atoms with Gasteiger partial charge >= 0.3 is 5.97 Å². The SMILES string of the molecule is O=C(O)c1c(Cl)cnc(OCCN2CCNCC2)c1Cl. The summed E-state index contributed by atoms with van der Waals surface area (Å²) in [6.07, 6.45) is 1.23. The van der Waals surface area contributed by atoms with E-state index in [0.717, 1.165) is 32.7 Å². The summed E-state index contributed by atoms with van der Waals surface area (Å²) in [7, 11) is 0. The maximum Gasteiger partial charge on any atom is 0.339 e. The quantitative estimate of drug-likeness (QED) is 0.854. The van der Waals surface area contributed by atoms with Crippen molar-refractivity contribution < 1.29 is 14.6 Å². The van der Waals surface area contributed by atoms with Gasteiger partial charge in [0.05, 0.1) is 11.2 Å². The maximum atomic E-state index is 11.0. The number of pyridine rings is 1. The average Bonchev–Trinajstić information content (AvgIpc) is 2.42. The maximum absolute atomic E-state index is 11.0. The van der Waals surface area contributed by atoms with Crippen LogP contribution in [0.3, 0.4) is 0 Å². The van der Waals surface area contributed by atoms with Crippen molar-refractivity contribution in [3.63, 3.8) is 0 Å². The number of piperazine rings is 1. The Bertz CT molecular complexity index is 493. The molecular weight excluding hydrogens is 305 g/mol. The van der Waals surface area contributed by atoms with Crippen LogP contribution in [0.1, 0.15) is 10.4 Å². The third-order valence-electron chi connectivity index (χ3n) is 3.01. The number of aromatic nitrogens is 1. The van der Waals surface area contributed by atoms with E-state index in [1.807, 2.05) is 0 Å². The van der Waals surface area contributed by atoms with Crippen molar-refractivity contribution in [1.82, 2.24) is 15.2 Å². The molecule has 2 heterocycles. The largest absolute Gasteiger partial charge is 0.478 e. The van der Waals surface area contributed by atoms with E-state index in [2.05, 4.69) is 15.2 Å². The summed E-state index contributed by atoms with van der Waals surface area (Å²) in [6.45, 7) is 4.99. The van der Waals surface area contributed by atoms with Gasteiger partial charge in [-0.25, -0.2) is 9.78 Å². The minimum Gasteiger partial charge on any atom is -0.478 e. The third-order valence-corrected chi connectivity index (χ3v) is 3.65. The van der Waals surface area contributed by atoms with E-state index in [1.165, 1.54) is 6.20 Å². The van der Waals surface area contributed by atoms with E-state index in [0.29, 0.717) is 6.61 Å². The molecule has 110 valence electrons. The molecule has 0 bridgehead atoms. The highest BCUT2D eigenvalue weighted by atomic mass is 35.5. The fourth-order valence-electron chi connectivity index (χ4n) is 1.95. The number of hydrogen-bond acceptors (Lipinski definition) is 5. The number of halogens is 2. The molecule has 1 saturated heterocycles. The van der Waals surface area contributed by atoms with Crippen LogP contribution in [-0.2, 0) is 0 Å². The Kier molecular flexibility index (Phi) is 5.42. The molecule has 1 aliphatic heterocycles. The molecule has 0 aliphatic carbocycles. The zero-order valence-electron chi connectivity index (χ0n) is 10.7. The number of carbonyl (C=O) groups is 1. The first-order valence-electron chi connectivity index (χ1n) is 6.22. The molecule has 1 aromatic rings. The van der Waals surface area contributed by atoms with Crippen LogP contribution in [0, 0.1) is 0 Å². The minimum atomic E-state index is -1.20. The first-order chi connectivity index (χ1) is 9.59. The van der Waals surface area contributed by atoms with Crippen LogP contribution < -0.4 is 10.1 Å². The number of nitrogens with zero attached hydrogens (tertiary/aromatic N) is 2. The Hall–Kier alpha value is -1.08. The first-order valence-corrected chi connectivity index (χ1v) is 6.98. The Balaban J connectivity index is 1.95. The predicted molar refractivity (Wildman–Crippen MR) is 76.0 cm³/mol. The van der Waals surface area contributed by atoms with Crippen molar-refractivity contribution in [2.24, 2.45) is 0 Å². The molecule has 1 fully saturated rings. The van der Waals surface area contributed by atoms with Gasteiger partial charge < -0.3 is 15.2 Å². The van der Waals surface area contributed by atoms with Gasteiger partial charge in [0.15, 0.2) is 0 Å². The van der Waals surface area contributed by atoms with Crippen LogP contribution in [0.15, 0.2) is 6.20 Å². The summed E-state index contributed by atoms with van der Waals surface area (Å²) in [5.41, 5.74) is -0.180. The van der Waals surface area contributed by atoms with Crippen molar-refractivity contribution in [3.05, 3.63) is 21.8 Å². The fraction of sp³-hybridized carbons (Fsp3) is 0.500. The molecule has 0 saturated carbocycles. The monoisotopic (exact) mass is 319 g/mol. The molecule has 1 aliphatic rings. The van der Waals surface area contributed by atoms with Gasteiger partial charge in [0, 0.05) is 32.7 Å². The van der Waals surface area contributed by atoms with Crippen molar-refractivity contribution in [3.8, 4) is 5.88 Å². The molecule has 2 N–H and O–H groups in total. The number of aromatic carboxylic acids is 1. The van der Waals surface area contributed by atoms with Gasteiger partial charge in [0.25, 0.3) is 0 Å². The van der Waals surface area contributed by atoms with E-state index < -0.39 is 5.97 Å². The van der Waals surface area contributed by atoms with Gasteiger partial charge in [-0.2, -0.15) is 0 Å². The standard InChI is InChI=1S/C12H15Cl2N3O3/c13-8-7-16-11(10(14)9(8)12(18)19)20-6-5-17-3-1-15-2-4-17/h7,15H,1-6H2,(H,18,19). The van der Waals surface area contributed by atoms with E-state index in [1.54, 1.807) is 0 Å². The predicted octanol–water partition coefficient (Wildman–Crippen LogP) is 1.37. The second kappa shape index (κ2) is 7.08. The molecule has 1 aromatic heterocycles. The summed E-state index contributed by atoms with van der Waals surface area (Å²) >= 11 is 11.7. The molecule has 0 amide bonds. The van der Waals surface area contributed by atoms with E-state index in [9.17, 15) is 4.79 Å². The van der Waals surface area contributed by atoms with Crippen molar-refractivity contribution in [1.29, 1.82) is 0 Å². The van der Waals surface area contributed by atoms with Gasteiger partial charge in [-0.05, 0) is 0 Å². The molecule has 6 nitrogen and oxygen atoms in total. The van der Waals surface area contributed by atoms with Crippen LogP contribution >= 0.6 is 23.2 Å². The molecule has 0 atom stereocenters. The van der Waals surface area contributed by atoms with E-state index >= 15 is 0 Å². The number of rotatable bonds is 5. The fourth-order valence-corrected chi connectivity index (χ4v) is 2.51. The lowest BCUT2D eigenvalue weighted by Gasteiger charge is -2.26. The van der Waals surface area contributed by atoms with Crippen molar-refractivity contribution in [2.45, 2.75) is 0 Å². The molecule has 20 heavy (non-hydrogen) atoms. The topological polar surface area (TPSA) is 74.7 Å². The molecule has 0 radical (unpaired) electrons. The lowest BCUT2D eigenvalue weighted by Crippen LogP contribution is -2.44. The Labute approximate surface area is 126 Å². The van der Waals surface area contributed by atoms with Gasteiger partial charge in [0.1, 0.15) is 17.2 Å². The molecule has 8 heteroatoms. The van der Waals surface area contributed by atoms with Gasteiger partial charge in [-0.3, -0.25) is 4.90 Å². The number of hydrogen-bond donors (Lipinski definition) is 2. The zero-order chi connectivity index (χ0) is 14.5. The Morgan fingerprint density at radius 2 is 2.15 bits per heavy atom. The minimum absolute atomic E-state index is 0.00282. The second-order valence-corrected chi connectivity index (χ2v) is 5.13. The summed E-state index contributed by atoms with van der Waals surface area (Å²) in [5, 5.41) is 12.2. The van der Waals surface area contributed by atoms with Crippen molar-refractivity contribution in [2.75, 3.05) is 39.3 Å². The Morgan fingerprint density at radius 1 is 1.45 bits per heavy atom. The highest BCUT2D eigenvalue weighted by molar-refractivity contribution is 6.39. The number of ether oxygens (including phenoxy) is 1. The smallest absolute Gasteiger partial charge is 0.339 e. The van der Waals surface area contributed by atoms with Crippen LogP contribution in [0.4, 0.5) is 0 Å². The lowest BCUT2D eigenvalue weighted by molar-refractivity contribution is 0.0696. The number of carboxylic acid groups (broad SMARTS) is 1. The summed E-state index contributed by atoms with van der Waals surface area (Å²) < 4.78 is 5.46. The Morgan fingerprint density at radius 3 is 2.80 bits per heavy atom. The molecule has 0 aromatic carbocycles. The number of nitrogens with one attached hydrogen (secondary N) is 1. The van der Waals surface area contributed by atoms with E-state index in [4.69, 9.17) is 33.0 Å². The zero-order valence-corrected chi connectivity index (χ0v) is 12.2. The number of carboxylic acids is 1. The highest BCUT2D eigenvalue weighted by Gasteiger charge is 2.19. The van der Waals surface area contributed by atoms with Gasteiger partial charge in [-0.15, -0.1) is 0 Å². The third kappa shape index (κ3) is 3.73. The van der Waals surface area contributed by atoms with Crippen LogP contribution in [0.2, 0.25) is 10.0 Å². The van der Waals surface area contributed by atoms with Crippen molar-refractivity contribution >= 4 is 29.2 Å². The summed E-state index contributed by atoms with van der Waals surface area (Å²) in [5.74, 6) is -1.10. The van der Waals surface area contributed by atoms with E-state index in [-0.39, 0.29) is 21.5 Å². The molecule has 0 unspecified atom stereocenters. The van der Waals surface area contributed by atoms with Crippen LogP contribution in [0.25, 0.3) is 0 Å². The average molecular weight is 320 g/mol. The molecular formula is C12H15Cl2N3O3. The summed E-state index contributed by atoms with van der Waals surface area (Å²) in [6, 6.07) is 0. The molecule has 0 spiro atoms. The van der Waals surface area contributed by atoms with Crippen LogP contribution in [0.5, 0.6) is 5.88 Å². The second-order valence-electron chi connectivity index (χ2n) is 4.35. The van der Waals surface area contributed by atoms with Gasteiger partial charge in [0.2, 0.25) is 5.88 Å². The lowest BCUT2D eigenvalue weighted by atomic mass is 10.2. The first kappa shape index (κ1) is 15.3. The molecule has 2 rings (SSSR count). The highest BCUT2D eigenvalue weighted by Crippen LogP contribution is 2.31. The summed E-state index contributed by atoms with van der Waals surface area (Å²) in [4.78, 5) is 17.2. The van der Waals surface area contributed by atoms with Crippen LogP contribution in [-0.4, -0.2) is 60.3 Å². The van der Waals surface area contributed by atoms with Gasteiger partial charge in [-0.1, -0.05) is 23.2 Å². The normalized spacial score (nSPS) is 16.1.